The summed E-state index contributed by atoms with van der Waals surface area (Å²) in [4.78, 5) is 2.27. The van der Waals surface area contributed by atoms with Gasteiger partial charge >= 0.3 is 0 Å². The van der Waals surface area contributed by atoms with Crippen LogP contribution >= 0.6 is 0 Å². The predicted octanol–water partition coefficient (Wildman–Crippen LogP) is 1.82. The highest BCUT2D eigenvalue weighted by Crippen LogP contribution is 2.23. The molecule has 20 heavy (non-hydrogen) atoms. The fourth-order valence-electron chi connectivity index (χ4n) is 2.69. The number of rotatable bonds is 5. The summed E-state index contributed by atoms with van der Waals surface area (Å²) in [7, 11) is 0. The van der Waals surface area contributed by atoms with E-state index < -0.39 is 5.54 Å². The van der Waals surface area contributed by atoms with Crippen LogP contribution in [-0.2, 0) is 6.42 Å². The van der Waals surface area contributed by atoms with Gasteiger partial charge in [-0.1, -0.05) is 12.1 Å². The van der Waals surface area contributed by atoms with Gasteiger partial charge in [0.1, 0.15) is 11.3 Å². The summed E-state index contributed by atoms with van der Waals surface area (Å²) in [5.74, 6) is 0.880. The lowest BCUT2D eigenvalue weighted by Crippen LogP contribution is -2.55. The molecule has 1 fully saturated rings. The third kappa shape index (κ3) is 3.50. The van der Waals surface area contributed by atoms with Gasteiger partial charge in [0.05, 0.1) is 12.7 Å². The van der Waals surface area contributed by atoms with Gasteiger partial charge in [0.25, 0.3) is 0 Å². The van der Waals surface area contributed by atoms with Crippen molar-refractivity contribution in [3.63, 3.8) is 0 Å². The molecule has 4 nitrogen and oxygen atoms in total. The SMILES string of the molecule is CCOc1cccc(CC(C)(C#N)N2CCNCC2)c1. The van der Waals surface area contributed by atoms with Gasteiger partial charge in [-0.3, -0.25) is 4.90 Å². The number of ether oxygens (including phenoxy) is 1. The highest BCUT2D eigenvalue weighted by molar-refractivity contribution is 5.31. The molecule has 1 aromatic carbocycles. The van der Waals surface area contributed by atoms with Crippen LogP contribution in [0.15, 0.2) is 24.3 Å². The summed E-state index contributed by atoms with van der Waals surface area (Å²) >= 11 is 0. The summed E-state index contributed by atoms with van der Waals surface area (Å²) in [5.41, 5.74) is 0.700. The molecule has 0 aromatic heterocycles. The Kier molecular flexibility index (Phi) is 4.99. The third-order valence-corrected chi connectivity index (χ3v) is 3.81. The number of nitrogens with zero attached hydrogens (tertiary/aromatic N) is 2. The molecule has 0 spiro atoms. The summed E-state index contributed by atoms with van der Waals surface area (Å²) in [5, 5.41) is 13.0. The Bertz CT molecular complexity index is 477. The molecule has 108 valence electrons. The third-order valence-electron chi connectivity index (χ3n) is 3.81. The van der Waals surface area contributed by atoms with E-state index in [1.165, 1.54) is 0 Å². The first-order valence-corrected chi connectivity index (χ1v) is 7.27. The molecule has 1 aliphatic heterocycles. The topological polar surface area (TPSA) is 48.3 Å². The minimum absolute atomic E-state index is 0.451. The number of hydrogen-bond acceptors (Lipinski definition) is 4. The molecule has 1 heterocycles. The van der Waals surface area contributed by atoms with Crippen molar-refractivity contribution in [3.8, 4) is 11.8 Å². The highest BCUT2D eigenvalue weighted by atomic mass is 16.5. The first kappa shape index (κ1) is 14.8. The number of benzene rings is 1. The summed E-state index contributed by atoms with van der Waals surface area (Å²) in [6, 6.07) is 10.6. The van der Waals surface area contributed by atoms with Gasteiger partial charge in [-0.05, 0) is 31.5 Å². The van der Waals surface area contributed by atoms with Crippen LogP contribution in [0.4, 0.5) is 0 Å². The molecule has 1 aromatic rings. The number of hydrogen-bond donors (Lipinski definition) is 1. The van der Waals surface area contributed by atoms with Crippen LogP contribution in [0.5, 0.6) is 5.75 Å². The second-order valence-corrected chi connectivity index (χ2v) is 5.38. The first-order valence-electron chi connectivity index (χ1n) is 7.27. The zero-order valence-electron chi connectivity index (χ0n) is 12.4. The van der Waals surface area contributed by atoms with Crippen molar-refractivity contribution in [1.29, 1.82) is 5.26 Å². The number of nitrogens with one attached hydrogen (secondary N) is 1. The second kappa shape index (κ2) is 6.74. The van der Waals surface area contributed by atoms with Crippen molar-refractivity contribution in [1.82, 2.24) is 10.2 Å². The molecule has 1 aliphatic rings. The van der Waals surface area contributed by atoms with E-state index in [0.29, 0.717) is 6.61 Å². The molecule has 1 N–H and O–H groups in total. The molecule has 1 atom stereocenters. The Hall–Kier alpha value is -1.57. The molecule has 0 amide bonds. The molecule has 0 radical (unpaired) electrons. The largest absolute Gasteiger partial charge is 0.494 e. The second-order valence-electron chi connectivity index (χ2n) is 5.38. The maximum Gasteiger partial charge on any atom is 0.119 e. The van der Waals surface area contributed by atoms with E-state index in [2.05, 4.69) is 22.4 Å². The lowest BCUT2D eigenvalue weighted by atomic mass is 9.91. The molecule has 2 rings (SSSR count). The maximum absolute atomic E-state index is 9.63. The van der Waals surface area contributed by atoms with E-state index in [-0.39, 0.29) is 0 Å². The van der Waals surface area contributed by atoms with E-state index in [1.54, 1.807) is 0 Å². The van der Waals surface area contributed by atoms with Crippen molar-refractivity contribution in [2.24, 2.45) is 0 Å². The Morgan fingerprint density at radius 3 is 2.80 bits per heavy atom. The average Bonchev–Trinajstić information content (AvgIpc) is 2.49. The quantitative estimate of drug-likeness (QED) is 0.889. The van der Waals surface area contributed by atoms with Crippen LogP contribution in [0.2, 0.25) is 0 Å². The van der Waals surface area contributed by atoms with Gasteiger partial charge in [0, 0.05) is 32.6 Å². The van der Waals surface area contributed by atoms with E-state index in [1.807, 2.05) is 32.0 Å². The molecule has 4 heteroatoms. The smallest absolute Gasteiger partial charge is 0.119 e. The van der Waals surface area contributed by atoms with Crippen molar-refractivity contribution in [2.75, 3.05) is 32.8 Å². The zero-order valence-corrected chi connectivity index (χ0v) is 12.4. The Morgan fingerprint density at radius 1 is 1.40 bits per heavy atom. The molecule has 0 saturated carbocycles. The zero-order chi connectivity index (χ0) is 14.4. The molecule has 1 unspecified atom stereocenters. The first-order chi connectivity index (χ1) is 9.68. The average molecular weight is 273 g/mol. The van der Waals surface area contributed by atoms with Crippen LogP contribution in [0.25, 0.3) is 0 Å². The summed E-state index contributed by atoms with van der Waals surface area (Å²) < 4.78 is 5.53. The van der Waals surface area contributed by atoms with Crippen molar-refractivity contribution in [3.05, 3.63) is 29.8 Å². The Balaban J connectivity index is 2.12. The van der Waals surface area contributed by atoms with Gasteiger partial charge in [-0.25, -0.2) is 0 Å². The number of piperazine rings is 1. The monoisotopic (exact) mass is 273 g/mol. The molecular formula is C16H23N3O. The van der Waals surface area contributed by atoms with E-state index in [0.717, 1.165) is 43.9 Å². The van der Waals surface area contributed by atoms with Crippen LogP contribution in [-0.4, -0.2) is 43.2 Å². The van der Waals surface area contributed by atoms with E-state index in [4.69, 9.17) is 4.74 Å². The van der Waals surface area contributed by atoms with E-state index in [9.17, 15) is 5.26 Å². The van der Waals surface area contributed by atoms with Gasteiger partial charge in [-0.2, -0.15) is 5.26 Å². The van der Waals surface area contributed by atoms with Crippen LogP contribution in [0, 0.1) is 11.3 Å². The Morgan fingerprint density at radius 2 is 2.15 bits per heavy atom. The van der Waals surface area contributed by atoms with Crippen LogP contribution in [0.1, 0.15) is 19.4 Å². The van der Waals surface area contributed by atoms with Crippen LogP contribution in [0.3, 0.4) is 0 Å². The fraction of sp³-hybridized carbons (Fsp3) is 0.562. The Labute approximate surface area is 121 Å². The molecule has 1 saturated heterocycles. The van der Waals surface area contributed by atoms with Gasteiger partial charge in [0.15, 0.2) is 0 Å². The van der Waals surface area contributed by atoms with E-state index >= 15 is 0 Å². The highest BCUT2D eigenvalue weighted by Gasteiger charge is 2.32. The normalized spacial score (nSPS) is 19.1. The molecule has 0 aliphatic carbocycles. The lowest BCUT2D eigenvalue weighted by Gasteiger charge is -2.39. The standard InChI is InChI=1S/C16H23N3O/c1-3-20-15-6-4-5-14(11-15)12-16(2,13-17)19-9-7-18-8-10-19/h4-6,11,18H,3,7-10,12H2,1-2H3. The number of nitriles is 1. The lowest BCUT2D eigenvalue weighted by molar-refractivity contribution is 0.132. The van der Waals surface area contributed by atoms with Gasteiger partial charge in [0.2, 0.25) is 0 Å². The van der Waals surface area contributed by atoms with Crippen molar-refractivity contribution >= 4 is 0 Å². The van der Waals surface area contributed by atoms with Crippen molar-refractivity contribution in [2.45, 2.75) is 25.8 Å². The van der Waals surface area contributed by atoms with Gasteiger partial charge in [-0.15, -0.1) is 0 Å². The fourth-order valence-corrected chi connectivity index (χ4v) is 2.69. The molecular weight excluding hydrogens is 250 g/mol. The van der Waals surface area contributed by atoms with Gasteiger partial charge < -0.3 is 10.1 Å². The maximum atomic E-state index is 9.63. The predicted molar refractivity (Wildman–Crippen MR) is 79.8 cm³/mol. The summed E-state index contributed by atoms with van der Waals surface area (Å²) in [6.45, 7) is 8.44. The van der Waals surface area contributed by atoms with Crippen molar-refractivity contribution < 1.29 is 4.74 Å². The summed E-state index contributed by atoms with van der Waals surface area (Å²) in [6.07, 6.45) is 0.727. The minimum Gasteiger partial charge on any atom is -0.494 e. The van der Waals surface area contributed by atoms with Crippen LogP contribution < -0.4 is 10.1 Å². The minimum atomic E-state index is -0.451. The molecule has 0 bridgehead atoms.